The summed E-state index contributed by atoms with van der Waals surface area (Å²) in [7, 11) is 0. The number of fused-ring (bicyclic) bond motifs is 2. The van der Waals surface area contributed by atoms with E-state index in [1.165, 1.54) is 0 Å². The number of nitrogens with one attached hydrogen (secondary N) is 1. The van der Waals surface area contributed by atoms with E-state index in [1.807, 2.05) is 51.1 Å². The molecule has 2 aliphatic heterocycles. The van der Waals surface area contributed by atoms with Crippen LogP contribution in [-0.4, -0.2) is 46.2 Å². The number of benzene rings is 1. The SMILES string of the molecule is CC(C)(C)OC(=O)N1C2CCC1CC(NC(=O)OCc1ccccc1)(C(N)=O)C2. The van der Waals surface area contributed by atoms with Crippen LogP contribution < -0.4 is 11.1 Å². The number of nitrogens with two attached hydrogens (primary N) is 1. The predicted octanol–water partition coefficient (Wildman–Crippen LogP) is 2.70. The van der Waals surface area contributed by atoms with Gasteiger partial charge >= 0.3 is 12.2 Å². The molecule has 0 aliphatic carbocycles. The molecule has 0 saturated carbocycles. The second-order valence-corrected chi connectivity index (χ2v) is 8.81. The molecule has 2 saturated heterocycles. The molecular formula is C21H29N3O5. The summed E-state index contributed by atoms with van der Waals surface area (Å²) in [6.45, 7) is 5.54. The van der Waals surface area contributed by atoms with Crippen LogP contribution in [0.25, 0.3) is 0 Å². The molecule has 1 aromatic rings. The Kier molecular flexibility index (Phi) is 5.73. The number of hydrogen-bond acceptors (Lipinski definition) is 5. The quantitative estimate of drug-likeness (QED) is 0.803. The number of nitrogens with zero attached hydrogens (tertiary/aromatic N) is 1. The fourth-order valence-corrected chi connectivity index (χ4v) is 4.18. The molecule has 8 heteroatoms. The minimum atomic E-state index is -1.24. The van der Waals surface area contributed by atoms with Crippen molar-refractivity contribution in [3.63, 3.8) is 0 Å². The van der Waals surface area contributed by atoms with Gasteiger partial charge in [-0.15, -0.1) is 0 Å². The van der Waals surface area contributed by atoms with E-state index < -0.39 is 29.2 Å². The standard InChI is InChI=1S/C21H29N3O5/c1-20(2,3)29-19(27)24-15-9-10-16(24)12-21(11-15,17(22)25)23-18(26)28-13-14-7-5-4-6-8-14/h4-8,15-16H,9-13H2,1-3H3,(H2,22,25)(H,23,26). The maximum Gasteiger partial charge on any atom is 0.410 e. The number of carbonyl (C=O) groups is 3. The van der Waals surface area contributed by atoms with Gasteiger partial charge in [0, 0.05) is 24.9 Å². The van der Waals surface area contributed by atoms with Gasteiger partial charge in [-0.3, -0.25) is 4.79 Å². The highest BCUT2D eigenvalue weighted by atomic mass is 16.6. The second-order valence-electron chi connectivity index (χ2n) is 8.81. The largest absolute Gasteiger partial charge is 0.445 e. The summed E-state index contributed by atoms with van der Waals surface area (Å²) < 4.78 is 10.8. The van der Waals surface area contributed by atoms with Gasteiger partial charge in [0.15, 0.2) is 0 Å². The third-order valence-electron chi connectivity index (χ3n) is 5.42. The van der Waals surface area contributed by atoms with Crippen molar-refractivity contribution in [3.8, 4) is 0 Å². The molecule has 3 rings (SSSR count). The molecule has 2 heterocycles. The van der Waals surface area contributed by atoms with Crippen molar-refractivity contribution < 1.29 is 23.9 Å². The van der Waals surface area contributed by atoms with E-state index in [0.29, 0.717) is 0 Å². The molecule has 2 bridgehead atoms. The zero-order valence-electron chi connectivity index (χ0n) is 17.1. The minimum Gasteiger partial charge on any atom is -0.445 e. The van der Waals surface area contributed by atoms with Crippen LogP contribution in [-0.2, 0) is 20.9 Å². The lowest BCUT2D eigenvalue weighted by Gasteiger charge is -2.44. The smallest absolute Gasteiger partial charge is 0.410 e. The van der Waals surface area contributed by atoms with E-state index in [1.54, 1.807) is 4.90 Å². The zero-order valence-corrected chi connectivity index (χ0v) is 17.1. The highest BCUT2D eigenvalue weighted by molar-refractivity contribution is 5.89. The fraction of sp³-hybridized carbons (Fsp3) is 0.571. The summed E-state index contributed by atoms with van der Waals surface area (Å²) in [5.74, 6) is -0.616. The molecule has 29 heavy (non-hydrogen) atoms. The first kappa shape index (κ1) is 21.0. The van der Waals surface area contributed by atoms with Gasteiger partial charge in [-0.25, -0.2) is 9.59 Å². The fourth-order valence-electron chi connectivity index (χ4n) is 4.18. The van der Waals surface area contributed by atoms with Crippen LogP contribution in [0.15, 0.2) is 30.3 Å². The topological polar surface area (TPSA) is 111 Å². The van der Waals surface area contributed by atoms with Gasteiger partial charge in [0.05, 0.1) is 0 Å². The van der Waals surface area contributed by atoms with Crippen LogP contribution in [0.3, 0.4) is 0 Å². The summed E-state index contributed by atoms with van der Waals surface area (Å²) in [5, 5.41) is 2.70. The van der Waals surface area contributed by atoms with Crippen LogP contribution in [0.5, 0.6) is 0 Å². The minimum absolute atomic E-state index is 0.0956. The number of carbonyl (C=O) groups excluding carboxylic acids is 3. The van der Waals surface area contributed by atoms with Crippen LogP contribution >= 0.6 is 0 Å². The molecule has 2 fully saturated rings. The number of ether oxygens (including phenoxy) is 2. The van der Waals surface area contributed by atoms with Crippen LogP contribution in [0.4, 0.5) is 9.59 Å². The summed E-state index contributed by atoms with van der Waals surface area (Å²) in [6, 6.07) is 8.83. The Morgan fingerprint density at radius 2 is 1.72 bits per heavy atom. The molecule has 158 valence electrons. The molecule has 2 unspecified atom stereocenters. The maximum absolute atomic E-state index is 12.6. The van der Waals surface area contributed by atoms with Crippen molar-refractivity contribution in [2.75, 3.05) is 0 Å². The van der Waals surface area contributed by atoms with E-state index in [4.69, 9.17) is 15.2 Å². The first-order valence-corrected chi connectivity index (χ1v) is 9.90. The number of hydrogen-bond donors (Lipinski definition) is 2. The Labute approximate surface area is 170 Å². The molecule has 0 aromatic heterocycles. The zero-order chi connectivity index (χ0) is 21.2. The first-order valence-electron chi connectivity index (χ1n) is 9.90. The number of rotatable bonds is 4. The van der Waals surface area contributed by atoms with Crippen LogP contribution in [0, 0.1) is 0 Å². The van der Waals surface area contributed by atoms with Gasteiger partial charge < -0.3 is 25.4 Å². The lowest BCUT2D eigenvalue weighted by Crippen LogP contribution is -2.66. The van der Waals surface area contributed by atoms with Gasteiger partial charge in [-0.1, -0.05) is 30.3 Å². The Morgan fingerprint density at radius 1 is 1.14 bits per heavy atom. The van der Waals surface area contributed by atoms with E-state index in [2.05, 4.69) is 5.32 Å². The van der Waals surface area contributed by atoms with Gasteiger partial charge in [-0.05, 0) is 39.2 Å². The van der Waals surface area contributed by atoms with E-state index in [0.717, 1.165) is 18.4 Å². The maximum atomic E-state index is 12.6. The van der Waals surface area contributed by atoms with Crippen LogP contribution in [0.2, 0.25) is 0 Å². The van der Waals surface area contributed by atoms with E-state index >= 15 is 0 Å². The number of amides is 3. The highest BCUT2D eigenvalue weighted by Crippen LogP contribution is 2.41. The molecule has 3 amide bonds. The number of alkyl carbamates (subject to hydrolysis) is 1. The molecular weight excluding hydrogens is 374 g/mol. The average Bonchev–Trinajstić information content (AvgIpc) is 2.91. The molecule has 3 N–H and O–H groups in total. The van der Waals surface area contributed by atoms with Gasteiger partial charge in [0.25, 0.3) is 0 Å². The van der Waals surface area contributed by atoms with Gasteiger partial charge in [0.1, 0.15) is 17.7 Å². The molecule has 2 atom stereocenters. The van der Waals surface area contributed by atoms with Crippen molar-refractivity contribution in [2.24, 2.45) is 5.73 Å². The highest BCUT2D eigenvalue weighted by Gasteiger charge is 2.54. The normalized spacial score (nSPS) is 26.0. The molecule has 8 nitrogen and oxygen atoms in total. The molecule has 0 radical (unpaired) electrons. The molecule has 1 aromatic carbocycles. The predicted molar refractivity (Wildman–Crippen MR) is 106 cm³/mol. The Bertz CT molecular complexity index is 760. The summed E-state index contributed by atoms with van der Waals surface area (Å²) in [4.78, 5) is 39.0. The van der Waals surface area contributed by atoms with Gasteiger partial charge in [0.2, 0.25) is 5.91 Å². The van der Waals surface area contributed by atoms with E-state index in [9.17, 15) is 14.4 Å². The Hall–Kier alpha value is -2.77. The van der Waals surface area contributed by atoms with Crippen molar-refractivity contribution in [2.45, 2.75) is 76.3 Å². The van der Waals surface area contributed by atoms with Crippen LogP contribution in [0.1, 0.15) is 52.0 Å². The summed E-state index contributed by atoms with van der Waals surface area (Å²) in [6.07, 6.45) is 0.878. The third-order valence-corrected chi connectivity index (χ3v) is 5.42. The number of primary amides is 1. The Morgan fingerprint density at radius 3 is 2.24 bits per heavy atom. The second kappa shape index (κ2) is 7.93. The lowest BCUT2D eigenvalue weighted by molar-refractivity contribution is -0.127. The van der Waals surface area contributed by atoms with E-state index in [-0.39, 0.29) is 31.5 Å². The average molecular weight is 403 g/mol. The number of piperidine rings is 1. The molecule has 2 aliphatic rings. The van der Waals surface area contributed by atoms with Crippen molar-refractivity contribution in [3.05, 3.63) is 35.9 Å². The summed E-state index contributed by atoms with van der Waals surface area (Å²) in [5.41, 5.74) is 4.69. The van der Waals surface area contributed by atoms with Crippen molar-refractivity contribution >= 4 is 18.1 Å². The lowest BCUT2D eigenvalue weighted by atomic mass is 9.82. The van der Waals surface area contributed by atoms with Crippen molar-refractivity contribution in [1.82, 2.24) is 10.2 Å². The Balaban J connectivity index is 1.67. The monoisotopic (exact) mass is 403 g/mol. The summed E-state index contributed by atoms with van der Waals surface area (Å²) >= 11 is 0. The third kappa shape index (κ3) is 4.81. The van der Waals surface area contributed by atoms with Gasteiger partial charge in [-0.2, -0.15) is 0 Å². The van der Waals surface area contributed by atoms with Crippen molar-refractivity contribution in [1.29, 1.82) is 0 Å². The molecule has 0 spiro atoms. The first-order chi connectivity index (χ1) is 13.6.